The normalized spacial score (nSPS) is 15.9. The van der Waals surface area contributed by atoms with Crippen LogP contribution >= 0.6 is 0 Å². The maximum absolute atomic E-state index is 13.0. The van der Waals surface area contributed by atoms with E-state index in [1.807, 2.05) is 35.2 Å². The number of piperidine rings is 1. The first-order chi connectivity index (χ1) is 17.5. The summed E-state index contributed by atoms with van der Waals surface area (Å²) >= 11 is 0. The molecule has 0 bridgehead atoms. The highest BCUT2D eigenvalue weighted by Gasteiger charge is 2.34. The first-order valence-electron chi connectivity index (χ1n) is 12.3. The summed E-state index contributed by atoms with van der Waals surface area (Å²) in [4.78, 5) is 40.7. The molecule has 1 atom stereocenters. The number of fused-ring (bicyclic) bond motifs is 1. The van der Waals surface area contributed by atoms with Crippen molar-refractivity contribution in [3.63, 3.8) is 0 Å². The SMILES string of the molecule is COCCNC(=O)C(NC(=O)c1ccc2c(c1)OCO2)C1CCN(C(=O)CCc2ccccc2)CC1. The van der Waals surface area contributed by atoms with Crippen molar-refractivity contribution in [3.05, 3.63) is 59.7 Å². The highest BCUT2D eigenvalue weighted by atomic mass is 16.7. The van der Waals surface area contributed by atoms with Gasteiger partial charge in [-0.05, 0) is 48.9 Å². The molecule has 9 heteroatoms. The lowest BCUT2D eigenvalue weighted by atomic mass is 9.88. The molecule has 0 spiro atoms. The van der Waals surface area contributed by atoms with Crippen LogP contribution in [0.25, 0.3) is 0 Å². The number of likely N-dealkylation sites (tertiary alicyclic amines) is 1. The van der Waals surface area contributed by atoms with Crippen LogP contribution in [0.2, 0.25) is 0 Å². The van der Waals surface area contributed by atoms with Gasteiger partial charge in [-0.1, -0.05) is 30.3 Å². The third-order valence-electron chi connectivity index (χ3n) is 6.64. The molecule has 1 fully saturated rings. The average molecular weight is 496 g/mol. The Morgan fingerprint density at radius 1 is 1.06 bits per heavy atom. The van der Waals surface area contributed by atoms with Crippen molar-refractivity contribution >= 4 is 17.7 Å². The number of carbonyl (C=O) groups excluding carboxylic acids is 3. The van der Waals surface area contributed by atoms with Gasteiger partial charge in [-0.15, -0.1) is 0 Å². The van der Waals surface area contributed by atoms with Crippen LogP contribution in [0.5, 0.6) is 11.5 Å². The minimum Gasteiger partial charge on any atom is -0.454 e. The Bertz CT molecular complexity index is 1050. The van der Waals surface area contributed by atoms with Crippen molar-refractivity contribution in [2.24, 2.45) is 5.92 Å². The van der Waals surface area contributed by atoms with Crippen LogP contribution in [0.15, 0.2) is 48.5 Å². The zero-order valence-electron chi connectivity index (χ0n) is 20.5. The summed E-state index contributed by atoms with van der Waals surface area (Å²) in [5.74, 6) is 0.499. The predicted octanol–water partition coefficient (Wildman–Crippen LogP) is 2.15. The van der Waals surface area contributed by atoms with Gasteiger partial charge in [0.25, 0.3) is 5.91 Å². The number of hydrogen-bond donors (Lipinski definition) is 2. The Labute approximate surface area is 211 Å². The molecule has 2 aromatic carbocycles. The first kappa shape index (κ1) is 25.5. The van der Waals surface area contributed by atoms with E-state index in [1.54, 1.807) is 25.3 Å². The van der Waals surface area contributed by atoms with Crippen molar-refractivity contribution < 1.29 is 28.6 Å². The topological polar surface area (TPSA) is 106 Å². The summed E-state index contributed by atoms with van der Waals surface area (Å²) in [5.41, 5.74) is 1.53. The van der Waals surface area contributed by atoms with E-state index in [0.29, 0.717) is 69.0 Å². The van der Waals surface area contributed by atoms with E-state index in [2.05, 4.69) is 10.6 Å². The van der Waals surface area contributed by atoms with Crippen molar-refractivity contribution in [2.45, 2.75) is 31.7 Å². The van der Waals surface area contributed by atoms with Crippen LogP contribution in [0, 0.1) is 5.92 Å². The molecule has 4 rings (SSSR count). The maximum atomic E-state index is 13.0. The Morgan fingerprint density at radius 3 is 2.56 bits per heavy atom. The molecule has 2 aliphatic rings. The van der Waals surface area contributed by atoms with Crippen molar-refractivity contribution in [1.82, 2.24) is 15.5 Å². The molecular formula is C27H33N3O6. The van der Waals surface area contributed by atoms with E-state index in [1.165, 1.54) is 0 Å². The molecule has 1 unspecified atom stereocenters. The number of carbonyl (C=O) groups is 3. The van der Waals surface area contributed by atoms with E-state index >= 15 is 0 Å². The molecule has 1 saturated heterocycles. The second kappa shape index (κ2) is 12.4. The van der Waals surface area contributed by atoms with Gasteiger partial charge in [-0.3, -0.25) is 14.4 Å². The molecule has 2 aromatic rings. The Hall–Kier alpha value is -3.59. The molecule has 36 heavy (non-hydrogen) atoms. The number of nitrogens with one attached hydrogen (secondary N) is 2. The Kier molecular flexibility index (Phi) is 8.78. The molecule has 9 nitrogen and oxygen atoms in total. The molecule has 0 radical (unpaired) electrons. The van der Waals surface area contributed by atoms with Crippen molar-refractivity contribution in [2.75, 3.05) is 40.1 Å². The summed E-state index contributed by atoms with van der Waals surface area (Å²) in [5, 5.41) is 5.77. The lowest BCUT2D eigenvalue weighted by Crippen LogP contribution is -2.54. The van der Waals surface area contributed by atoms with Gasteiger partial charge in [-0.25, -0.2) is 0 Å². The lowest BCUT2D eigenvalue weighted by Gasteiger charge is -2.36. The summed E-state index contributed by atoms with van der Waals surface area (Å²) < 4.78 is 15.7. The number of rotatable bonds is 10. The molecule has 0 aliphatic carbocycles. The van der Waals surface area contributed by atoms with Crippen molar-refractivity contribution in [1.29, 1.82) is 0 Å². The summed E-state index contributed by atoms with van der Waals surface area (Å²) in [7, 11) is 1.57. The second-order valence-electron chi connectivity index (χ2n) is 9.01. The van der Waals surface area contributed by atoms with Crippen molar-refractivity contribution in [3.8, 4) is 11.5 Å². The van der Waals surface area contributed by atoms with Crippen LogP contribution in [-0.2, 0) is 20.7 Å². The summed E-state index contributed by atoms with van der Waals surface area (Å²) in [6, 6.07) is 14.2. The smallest absolute Gasteiger partial charge is 0.252 e. The number of nitrogens with zero attached hydrogens (tertiary/aromatic N) is 1. The van der Waals surface area contributed by atoms with Crippen LogP contribution in [0.4, 0.5) is 0 Å². The molecule has 3 amide bonds. The fourth-order valence-electron chi connectivity index (χ4n) is 4.58. The third-order valence-corrected chi connectivity index (χ3v) is 6.64. The quantitative estimate of drug-likeness (QED) is 0.490. The van der Waals surface area contributed by atoms with Gasteiger partial charge in [0.15, 0.2) is 11.5 Å². The number of methoxy groups -OCH3 is 1. The lowest BCUT2D eigenvalue weighted by molar-refractivity contribution is -0.133. The number of aryl methyl sites for hydroxylation is 1. The number of hydrogen-bond acceptors (Lipinski definition) is 6. The van der Waals surface area contributed by atoms with Crippen LogP contribution in [-0.4, -0.2) is 68.8 Å². The van der Waals surface area contributed by atoms with E-state index in [0.717, 1.165) is 5.56 Å². The number of ether oxygens (including phenoxy) is 3. The molecule has 0 saturated carbocycles. The second-order valence-corrected chi connectivity index (χ2v) is 9.01. The Balaban J connectivity index is 1.36. The maximum Gasteiger partial charge on any atom is 0.252 e. The van der Waals surface area contributed by atoms with Crippen LogP contribution in [0.3, 0.4) is 0 Å². The van der Waals surface area contributed by atoms with Gasteiger partial charge in [0.2, 0.25) is 18.6 Å². The van der Waals surface area contributed by atoms with Crippen LogP contribution in [0.1, 0.15) is 35.2 Å². The van der Waals surface area contributed by atoms with Gasteiger partial charge in [0.05, 0.1) is 6.61 Å². The monoisotopic (exact) mass is 495 g/mol. The van der Waals surface area contributed by atoms with Gasteiger partial charge < -0.3 is 29.7 Å². The molecule has 2 aliphatic heterocycles. The van der Waals surface area contributed by atoms with Gasteiger partial charge >= 0.3 is 0 Å². The molecule has 2 N–H and O–H groups in total. The standard InChI is InChI=1S/C27H33N3O6/c1-34-16-13-28-27(33)25(29-26(32)21-8-9-22-23(17-21)36-18-35-22)20-11-14-30(15-12-20)24(31)10-7-19-5-3-2-4-6-19/h2-6,8-9,17,20,25H,7,10-16,18H2,1H3,(H,28,33)(H,29,32). The largest absolute Gasteiger partial charge is 0.454 e. The van der Waals surface area contributed by atoms with Gasteiger partial charge in [0, 0.05) is 38.7 Å². The number of benzene rings is 2. The van der Waals surface area contributed by atoms with Crippen LogP contribution < -0.4 is 20.1 Å². The molecule has 0 aromatic heterocycles. The summed E-state index contributed by atoms with van der Waals surface area (Å²) in [6.45, 7) is 1.96. The van der Waals surface area contributed by atoms with E-state index < -0.39 is 6.04 Å². The van der Waals surface area contributed by atoms with E-state index in [9.17, 15) is 14.4 Å². The molecular weight excluding hydrogens is 462 g/mol. The highest BCUT2D eigenvalue weighted by Crippen LogP contribution is 2.32. The first-order valence-corrected chi connectivity index (χ1v) is 12.3. The van der Waals surface area contributed by atoms with Gasteiger partial charge in [0.1, 0.15) is 6.04 Å². The highest BCUT2D eigenvalue weighted by molar-refractivity contribution is 5.98. The Morgan fingerprint density at radius 2 is 1.81 bits per heavy atom. The summed E-state index contributed by atoms with van der Waals surface area (Å²) in [6.07, 6.45) is 2.41. The molecule has 2 heterocycles. The fourth-order valence-corrected chi connectivity index (χ4v) is 4.58. The minimum atomic E-state index is -0.721. The third kappa shape index (κ3) is 6.54. The zero-order valence-corrected chi connectivity index (χ0v) is 20.5. The zero-order chi connectivity index (χ0) is 25.3. The molecule has 192 valence electrons. The minimum absolute atomic E-state index is 0.0938. The average Bonchev–Trinajstić information content (AvgIpc) is 3.39. The number of amides is 3. The van der Waals surface area contributed by atoms with E-state index in [-0.39, 0.29) is 30.4 Å². The predicted molar refractivity (Wildman–Crippen MR) is 133 cm³/mol. The van der Waals surface area contributed by atoms with E-state index in [4.69, 9.17) is 14.2 Å². The fraction of sp³-hybridized carbons (Fsp3) is 0.444. The van der Waals surface area contributed by atoms with Gasteiger partial charge in [-0.2, -0.15) is 0 Å².